The smallest absolute Gasteiger partial charge is 0.119 e. The van der Waals surface area contributed by atoms with Crippen molar-refractivity contribution in [3.63, 3.8) is 0 Å². The first kappa shape index (κ1) is 10.1. The molecule has 0 radical (unpaired) electrons. The van der Waals surface area contributed by atoms with Gasteiger partial charge in [0.15, 0.2) is 0 Å². The zero-order valence-corrected chi connectivity index (χ0v) is 9.43. The molecular weight excluding hydrogens is 196 g/mol. The summed E-state index contributed by atoms with van der Waals surface area (Å²) in [5.41, 5.74) is 1.14. The minimum absolute atomic E-state index is 0.629. The van der Waals surface area contributed by atoms with Crippen LogP contribution in [0.1, 0.15) is 24.0 Å². The zero-order chi connectivity index (χ0) is 9.97. The van der Waals surface area contributed by atoms with Gasteiger partial charge in [0.2, 0.25) is 0 Å². The molecule has 2 unspecified atom stereocenters. The number of ether oxygens (including phenoxy) is 1. The number of nitrogens with one attached hydrogen (secondary N) is 1. The molecule has 4 heteroatoms. The van der Waals surface area contributed by atoms with Crippen molar-refractivity contribution in [3.8, 4) is 0 Å². The molecule has 78 valence electrons. The minimum atomic E-state index is 0.629. The number of methoxy groups -OCH3 is 1. The maximum Gasteiger partial charge on any atom is 0.119 e. The molecule has 1 aromatic heterocycles. The molecule has 0 bridgehead atoms. The van der Waals surface area contributed by atoms with Gasteiger partial charge in [0.25, 0.3) is 0 Å². The van der Waals surface area contributed by atoms with Crippen LogP contribution in [0.25, 0.3) is 0 Å². The maximum absolute atomic E-state index is 5.02. The van der Waals surface area contributed by atoms with E-state index in [0.29, 0.717) is 6.61 Å². The van der Waals surface area contributed by atoms with Crippen molar-refractivity contribution in [3.05, 3.63) is 16.1 Å². The Morgan fingerprint density at radius 1 is 1.71 bits per heavy atom. The standard InChI is InChI=1S/C10H16N2OS/c1-7-3-9(7)11-4-8-6-14-10(12-8)5-13-2/h6-7,9,11H,3-5H2,1-2H3. The molecule has 1 aromatic rings. The van der Waals surface area contributed by atoms with Gasteiger partial charge < -0.3 is 10.1 Å². The van der Waals surface area contributed by atoms with Crippen LogP contribution in [0.15, 0.2) is 5.38 Å². The largest absolute Gasteiger partial charge is 0.378 e. The Morgan fingerprint density at radius 2 is 2.50 bits per heavy atom. The van der Waals surface area contributed by atoms with Gasteiger partial charge in [-0.05, 0) is 12.3 Å². The summed E-state index contributed by atoms with van der Waals surface area (Å²) in [7, 11) is 1.70. The molecule has 1 fully saturated rings. The first-order valence-electron chi connectivity index (χ1n) is 4.95. The summed E-state index contributed by atoms with van der Waals surface area (Å²) < 4.78 is 5.02. The van der Waals surface area contributed by atoms with Gasteiger partial charge in [-0.2, -0.15) is 0 Å². The van der Waals surface area contributed by atoms with Gasteiger partial charge in [0, 0.05) is 25.1 Å². The Morgan fingerprint density at radius 3 is 3.14 bits per heavy atom. The molecule has 2 atom stereocenters. The fraction of sp³-hybridized carbons (Fsp3) is 0.700. The highest BCUT2D eigenvalue weighted by molar-refractivity contribution is 7.09. The van der Waals surface area contributed by atoms with Crippen LogP contribution in [0.4, 0.5) is 0 Å². The molecule has 1 saturated carbocycles. The highest BCUT2D eigenvalue weighted by atomic mass is 32.1. The second kappa shape index (κ2) is 4.38. The van der Waals surface area contributed by atoms with E-state index in [1.54, 1.807) is 18.4 Å². The predicted octanol–water partition coefficient (Wildman–Crippen LogP) is 1.79. The fourth-order valence-corrected chi connectivity index (χ4v) is 2.23. The summed E-state index contributed by atoms with van der Waals surface area (Å²) in [5.74, 6) is 0.854. The molecule has 3 nitrogen and oxygen atoms in total. The molecule has 1 aliphatic rings. The lowest BCUT2D eigenvalue weighted by Crippen LogP contribution is -2.17. The lowest BCUT2D eigenvalue weighted by atomic mass is 10.4. The molecule has 1 heterocycles. The van der Waals surface area contributed by atoms with Gasteiger partial charge in [0.05, 0.1) is 12.3 Å². The fourth-order valence-electron chi connectivity index (χ4n) is 1.46. The van der Waals surface area contributed by atoms with Crippen LogP contribution in [0.5, 0.6) is 0 Å². The summed E-state index contributed by atoms with van der Waals surface area (Å²) in [6, 6.07) is 0.725. The Balaban J connectivity index is 1.78. The highest BCUT2D eigenvalue weighted by Gasteiger charge is 2.31. The number of hydrogen-bond acceptors (Lipinski definition) is 4. The van der Waals surface area contributed by atoms with Gasteiger partial charge in [-0.15, -0.1) is 11.3 Å². The number of hydrogen-bond donors (Lipinski definition) is 1. The summed E-state index contributed by atoms with van der Waals surface area (Å²) >= 11 is 1.67. The first-order valence-corrected chi connectivity index (χ1v) is 5.83. The van der Waals surface area contributed by atoms with Crippen molar-refractivity contribution in [1.82, 2.24) is 10.3 Å². The van der Waals surface area contributed by atoms with Gasteiger partial charge >= 0.3 is 0 Å². The van der Waals surface area contributed by atoms with E-state index in [-0.39, 0.29) is 0 Å². The Labute approximate surface area is 88.5 Å². The average Bonchev–Trinajstić information content (AvgIpc) is 2.69. The summed E-state index contributed by atoms with van der Waals surface area (Å²) in [5, 5.41) is 6.65. The molecule has 0 aliphatic heterocycles. The SMILES string of the molecule is COCc1nc(CNC2CC2C)cs1. The molecule has 0 spiro atoms. The van der Waals surface area contributed by atoms with Gasteiger partial charge in [0.1, 0.15) is 5.01 Å². The predicted molar refractivity (Wildman–Crippen MR) is 57.2 cm³/mol. The van der Waals surface area contributed by atoms with E-state index >= 15 is 0 Å². The van der Waals surface area contributed by atoms with Crippen LogP contribution in [0, 0.1) is 5.92 Å². The van der Waals surface area contributed by atoms with Crippen LogP contribution >= 0.6 is 11.3 Å². The summed E-state index contributed by atoms with van der Waals surface area (Å²) in [6.45, 7) is 3.80. The van der Waals surface area contributed by atoms with E-state index in [2.05, 4.69) is 22.6 Å². The van der Waals surface area contributed by atoms with Crippen molar-refractivity contribution >= 4 is 11.3 Å². The van der Waals surface area contributed by atoms with Gasteiger partial charge in [-0.1, -0.05) is 6.92 Å². The lowest BCUT2D eigenvalue weighted by molar-refractivity contribution is 0.184. The quantitative estimate of drug-likeness (QED) is 0.808. The van der Waals surface area contributed by atoms with E-state index < -0.39 is 0 Å². The molecule has 0 saturated heterocycles. The summed E-state index contributed by atoms with van der Waals surface area (Å²) in [6.07, 6.45) is 1.31. The third kappa shape index (κ3) is 2.53. The van der Waals surface area contributed by atoms with Crippen LogP contribution in [-0.2, 0) is 17.9 Å². The molecule has 14 heavy (non-hydrogen) atoms. The van der Waals surface area contributed by atoms with E-state index in [1.165, 1.54) is 6.42 Å². The number of rotatable bonds is 5. The van der Waals surface area contributed by atoms with Crippen molar-refractivity contribution in [2.45, 2.75) is 32.5 Å². The first-order chi connectivity index (χ1) is 6.79. The number of nitrogens with zero attached hydrogens (tertiary/aromatic N) is 1. The zero-order valence-electron chi connectivity index (χ0n) is 8.62. The van der Waals surface area contributed by atoms with E-state index in [0.717, 1.165) is 29.2 Å². The summed E-state index contributed by atoms with van der Waals surface area (Å²) in [4.78, 5) is 4.46. The molecule has 1 N–H and O–H groups in total. The number of aromatic nitrogens is 1. The third-order valence-corrected chi connectivity index (χ3v) is 3.39. The van der Waals surface area contributed by atoms with E-state index in [4.69, 9.17) is 4.74 Å². The van der Waals surface area contributed by atoms with Crippen LogP contribution in [0.2, 0.25) is 0 Å². The second-order valence-electron chi connectivity index (χ2n) is 3.87. The molecular formula is C10H16N2OS. The van der Waals surface area contributed by atoms with Crippen molar-refractivity contribution < 1.29 is 4.74 Å². The van der Waals surface area contributed by atoms with E-state index in [9.17, 15) is 0 Å². The maximum atomic E-state index is 5.02. The Bertz CT molecular complexity index is 300. The van der Waals surface area contributed by atoms with Crippen molar-refractivity contribution in [2.24, 2.45) is 5.92 Å². The van der Waals surface area contributed by atoms with Crippen molar-refractivity contribution in [1.29, 1.82) is 0 Å². The van der Waals surface area contributed by atoms with Gasteiger partial charge in [-0.25, -0.2) is 4.98 Å². The number of thiazole rings is 1. The second-order valence-corrected chi connectivity index (χ2v) is 4.81. The van der Waals surface area contributed by atoms with E-state index in [1.807, 2.05) is 0 Å². The Hall–Kier alpha value is -0.450. The topological polar surface area (TPSA) is 34.1 Å². The molecule has 2 rings (SSSR count). The monoisotopic (exact) mass is 212 g/mol. The highest BCUT2D eigenvalue weighted by Crippen LogP contribution is 2.29. The van der Waals surface area contributed by atoms with Crippen LogP contribution in [-0.4, -0.2) is 18.1 Å². The normalized spacial score (nSPS) is 25.3. The molecule has 0 amide bonds. The minimum Gasteiger partial charge on any atom is -0.378 e. The molecule has 0 aromatic carbocycles. The third-order valence-electron chi connectivity index (χ3n) is 2.52. The Kier molecular flexibility index (Phi) is 3.15. The van der Waals surface area contributed by atoms with Crippen LogP contribution in [0.3, 0.4) is 0 Å². The lowest BCUT2D eigenvalue weighted by Gasteiger charge is -1.98. The van der Waals surface area contributed by atoms with Gasteiger partial charge in [-0.3, -0.25) is 0 Å². The van der Waals surface area contributed by atoms with Crippen LogP contribution < -0.4 is 5.32 Å². The molecule has 1 aliphatic carbocycles. The average molecular weight is 212 g/mol. The van der Waals surface area contributed by atoms with Crippen molar-refractivity contribution in [2.75, 3.05) is 7.11 Å².